The van der Waals surface area contributed by atoms with Gasteiger partial charge in [-0.25, -0.2) is 0 Å². The van der Waals surface area contributed by atoms with Crippen LogP contribution in [0.5, 0.6) is 11.5 Å². The molecule has 0 fully saturated rings. The van der Waals surface area contributed by atoms with Crippen molar-refractivity contribution in [2.75, 3.05) is 19.5 Å². The quantitative estimate of drug-likeness (QED) is 0.645. The molecule has 0 aromatic heterocycles. The van der Waals surface area contributed by atoms with Gasteiger partial charge in [-0.05, 0) is 47.7 Å². The number of benzene rings is 3. The van der Waals surface area contributed by atoms with Crippen molar-refractivity contribution in [3.8, 4) is 11.5 Å². The van der Waals surface area contributed by atoms with Crippen molar-refractivity contribution in [3.63, 3.8) is 0 Å². The fourth-order valence-corrected chi connectivity index (χ4v) is 5.36. The zero-order valence-corrected chi connectivity index (χ0v) is 17.4. The number of fused-ring (bicyclic) bond motifs is 1. The molecule has 2 bridgehead atoms. The second-order valence-corrected chi connectivity index (χ2v) is 8.39. The van der Waals surface area contributed by atoms with Gasteiger partial charge in [0.15, 0.2) is 0 Å². The first-order chi connectivity index (χ1) is 14.6. The molecule has 0 saturated heterocycles. The highest BCUT2D eigenvalue weighted by Gasteiger charge is 2.53. The predicted octanol–water partition coefficient (Wildman–Crippen LogP) is 5.33. The van der Waals surface area contributed by atoms with E-state index in [4.69, 9.17) is 9.47 Å². The third-order valence-electron chi connectivity index (χ3n) is 6.81. The van der Waals surface area contributed by atoms with E-state index in [1.54, 1.807) is 20.3 Å². The van der Waals surface area contributed by atoms with Gasteiger partial charge in [0.25, 0.3) is 0 Å². The standard InChI is InChI=1S/C26H25NO3/c1-26(25(28)27-22-13-12-16(29-2)14-23(22)30-3)15-21-17-8-4-6-10-19(17)24(26)20-11-7-5-9-18(20)21/h4-14,21,24H,15H2,1-3H3,(H,27,28). The Hall–Kier alpha value is -3.27. The molecule has 0 aliphatic heterocycles. The third-order valence-corrected chi connectivity index (χ3v) is 6.81. The summed E-state index contributed by atoms with van der Waals surface area (Å²) in [5.74, 6) is 1.56. The molecule has 1 N–H and O–H groups in total. The van der Waals surface area contributed by atoms with Crippen LogP contribution in [0.4, 0.5) is 5.69 Å². The van der Waals surface area contributed by atoms with E-state index in [1.807, 2.05) is 12.1 Å². The Morgan fingerprint density at radius 3 is 2.07 bits per heavy atom. The number of nitrogens with one attached hydrogen (secondary N) is 1. The van der Waals surface area contributed by atoms with Crippen molar-refractivity contribution in [3.05, 3.63) is 89.0 Å². The van der Waals surface area contributed by atoms with Crippen molar-refractivity contribution >= 4 is 11.6 Å². The van der Waals surface area contributed by atoms with Crippen LogP contribution in [0.2, 0.25) is 0 Å². The molecule has 3 aliphatic rings. The lowest BCUT2D eigenvalue weighted by Crippen LogP contribution is -2.47. The van der Waals surface area contributed by atoms with E-state index >= 15 is 0 Å². The van der Waals surface area contributed by atoms with Crippen LogP contribution in [0, 0.1) is 5.41 Å². The van der Waals surface area contributed by atoms with Gasteiger partial charge in [-0.3, -0.25) is 4.79 Å². The number of hydrogen-bond acceptors (Lipinski definition) is 3. The molecule has 4 heteroatoms. The summed E-state index contributed by atoms with van der Waals surface area (Å²) in [6, 6.07) is 22.6. The number of anilines is 1. The van der Waals surface area contributed by atoms with Crippen molar-refractivity contribution in [2.24, 2.45) is 5.41 Å². The molecule has 0 saturated carbocycles. The van der Waals surface area contributed by atoms with Gasteiger partial charge in [0.1, 0.15) is 11.5 Å². The van der Waals surface area contributed by atoms with E-state index in [0.717, 1.165) is 6.42 Å². The lowest BCUT2D eigenvalue weighted by atomic mass is 9.52. The van der Waals surface area contributed by atoms with Crippen molar-refractivity contribution < 1.29 is 14.3 Å². The van der Waals surface area contributed by atoms with Gasteiger partial charge in [-0.15, -0.1) is 0 Å². The minimum Gasteiger partial charge on any atom is -0.497 e. The molecule has 0 heterocycles. The summed E-state index contributed by atoms with van der Waals surface area (Å²) in [4.78, 5) is 13.7. The van der Waals surface area contributed by atoms with Crippen LogP contribution in [0.15, 0.2) is 66.7 Å². The summed E-state index contributed by atoms with van der Waals surface area (Å²) in [6.07, 6.45) is 0.788. The van der Waals surface area contributed by atoms with Crippen LogP contribution in [0.25, 0.3) is 0 Å². The Bertz CT molecular complexity index is 1090. The van der Waals surface area contributed by atoms with Gasteiger partial charge < -0.3 is 14.8 Å². The molecule has 3 aromatic carbocycles. The maximum atomic E-state index is 13.7. The molecular weight excluding hydrogens is 374 g/mol. The smallest absolute Gasteiger partial charge is 0.231 e. The third kappa shape index (κ3) is 2.63. The first-order valence-electron chi connectivity index (χ1n) is 10.3. The van der Waals surface area contributed by atoms with Crippen LogP contribution < -0.4 is 14.8 Å². The fraction of sp³-hybridized carbons (Fsp3) is 0.269. The van der Waals surface area contributed by atoms with E-state index < -0.39 is 5.41 Å². The van der Waals surface area contributed by atoms with Crippen LogP contribution in [-0.2, 0) is 4.79 Å². The number of ether oxygens (including phenoxy) is 2. The lowest BCUT2D eigenvalue weighted by molar-refractivity contribution is -0.126. The molecule has 152 valence electrons. The van der Waals surface area contributed by atoms with E-state index in [0.29, 0.717) is 17.2 Å². The van der Waals surface area contributed by atoms with E-state index in [1.165, 1.54) is 22.3 Å². The summed E-state index contributed by atoms with van der Waals surface area (Å²) in [7, 11) is 3.21. The minimum atomic E-state index is -0.557. The average molecular weight is 399 g/mol. The van der Waals surface area contributed by atoms with Gasteiger partial charge in [-0.2, -0.15) is 0 Å². The summed E-state index contributed by atoms with van der Waals surface area (Å²) >= 11 is 0. The Labute approximate surface area is 176 Å². The molecular formula is C26H25NO3. The molecule has 1 atom stereocenters. The highest BCUT2D eigenvalue weighted by molar-refractivity contribution is 5.98. The Morgan fingerprint density at radius 1 is 0.900 bits per heavy atom. The van der Waals surface area contributed by atoms with Crippen molar-refractivity contribution in [1.82, 2.24) is 0 Å². The van der Waals surface area contributed by atoms with Crippen LogP contribution in [0.1, 0.15) is 47.4 Å². The van der Waals surface area contributed by atoms with Crippen molar-refractivity contribution in [2.45, 2.75) is 25.2 Å². The topological polar surface area (TPSA) is 47.6 Å². The average Bonchev–Trinajstić information content (AvgIpc) is 2.79. The summed E-state index contributed by atoms with van der Waals surface area (Å²) in [5.41, 5.74) is 5.35. The second kappa shape index (κ2) is 6.91. The zero-order chi connectivity index (χ0) is 20.9. The number of hydrogen-bond donors (Lipinski definition) is 1. The Balaban J connectivity index is 1.56. The summed E-state index contributed by atoms with van der Waals surface area (Å²) < 4.78 is 10.8. The number of amides is 1. The van der Waals surface area contributed by atoms with E-state index in [-0.39, 0.29) is 17.7 Å². The lowest BCUT2D eigenvalue weighted by Gasteiger charge is -2.50. The highest BCUT2D eigenvalue weighted by atomic mass is 16.5. The molecule has 3 aliphatic carbocycles. The fourth-order valence-electron chi connectivity index (χ4n) is 5.36. The number of carbonyl (C=O) groups is 1. The van der Waals surface area contributed by atoms with E-state index in [9.17, 15) is 4.79 Å². The van der Waals surface area contributed by atoms with Gasteiger partial charge in [0.05, 0.1) is 25.3 Å². The summed E-state index contributed by atoms with van der Waals surface area (Å²) in [6.45, 7) is 2.10. The Kier molecular flexibility index (Phi) is 4.31. The van der Waals surface area contributed by atoms with Gasteiger partial charge >= 0.3 is 0 Å². The normalized spacial score (nSPS) is 23.3. The maximum Gasteiger partial charge on any atom is 0.231 e. The van der Waals surface area contributed by atoms with E-state index in [2.05, 4.69) is 60.8 Å². The number of carbonyl (C=O) groups excluding carboxylic acids is 1. The molecule has 6 rings (SSSR count). The molecule has 30 heavy (non-hydrogen) atoms. The zero-order valence-electron chi connectivity index (χ0n) is 17.4. The monoisotopic (exact) mass is 399 g/mol. The molecule has 1 amide bonds. The molecule has 0 radical (unpaired) electrons. The second-order valence-electron chi connectivity index (χ2n) is 8.39. The summed E-state index contributed by atoms with van der Waals surface area (Å²) in [5, 5.41) is 3.15. The number of methoxy groups -OCH3 is 2. The first-order valence-corrected chi connectivity index (χ1v) is 10.3. The Morgan fingerprint density at radius 2 is 1.50 bits per heavy atom. The minimum absolute atomic E-state index is 0.0185. The molecule has 1 unspecified atom stereocenters. The van der Waals surface area contributed by atoms with Crippen LogP contribution >= 0.6 is 0 Å². The highest BCUT2D eigenvalue weighted by Crippen LogP contribution is 2.61. The maximum absolute atomic E-state index is 13.7. The predicted molar refractivity (Wildman–Crippen MR) is 117 cm³/mol. The van der Waals surface area contributed by atoms with Gasteiger partial charge in [0, 0.05) is 17.9 Å². The van der Waals surface area contributed by atoms with Crippen LogP contribution in [0.3, 0.4) is 0 Å². The molecule has 0 spiro atoms. The largest absolute Gasteiger partial charge is 0.497 e. The molecule has 4 nitrogen and oxygen atoms in total. The SMILES string of the molecule is COc1ccc(NC(=O)C2(C)CC3c4ccccc4C2c2ccccc23)c(OC)c1. The molecule has 3 aromatic rings. The number of rotatable bonds is 4. The van der Waals surface area contributed by atoms with Crippen molar-refractivity contribution in [1.29, 1.82) is 0 Å². The van der Waals surface area contributed by atoms with Gasteiger partial charge in [-0.1, -0.05) is 48.5 Å². The van der Waals surface area contributed by atoms with Gasteiger partial charge in [0.2, 0.25) is 5.91 Å². The van der Waals surface area contributed by atoms with Crippen LogP contribution in [-0.4, -0.2) is 20.1 Å². The first kappa shape index (κ1) is 18.7.